The van der Waals surface area contributed by atoms with Gasteiger partial charge in [-0.1, -0.05) is 46.4 Å². The summed E-state index contributed by atoms with van der Waals surface area (Å²) in [5.74, 6) is 0. The van der Waals surface area contributed by atoms with Crippen LogP contribution in [0.15, 0.2) is 30.3 Å². The second-order valence-electron chi connectivity index (χ2n) is 4.26. The fourth-order valence-corrected chi connectivity index (χ4v) is 2.56. The molecule has 2 rings (SSSR count). The largest absolute Gasteiger partial charge is 0.408 e. The lowest BCUT2D eigenvalue weighted by Crippen LogP contribution is -2.35. The minimum atomic E-state index is -4.38. The van der Waals surface area contributed by atoms with Gasteiger partial charge >= 0.3 is 6.18 Å². The van der Waals surface area contributed by atoms with Gasteiger partial charge in [0.1, 0.15) is 16.1 Å². The highest BCUT2D eigenvalue weighted by Crippen LogP contribution is 2.37. The van der Waals surface area contributed by atoms with Crippen molar-refractivity contribution in [3.63, 3.8) is 0 Å². The smallest absolute Gasteiger partial charge is 0.286 e. The lowest BCUT2D eigenvalue weighted by Gasteiger charge is -2.29. The molecule has 1 aromatic heterocycles. The molecule has 1 atom stereocenters. The predicted octanol–water partition coefficient (Wildman–Crippen LogP) is 3.93. The summed E-state index contributed by atoms with van der Waals surface area (Å²) in [6, 6.07) is 6.04. The van der Waals surface area contributed by atoms with Crippen LogP contribution in [0, 0.1) is 0 Å². The zero-order valence-corrected chi connectivity index (χ0v) is 12.0. The van der Waals surface area contributed by atoms with Gasteiger partial charge in [-0.05, 0) is 12.6 Å². The molecule has 0 aliphatic heterocycles. The van der Waals surface area contributed by atoms with E-state index in [2.05, 4.69) is 9.59 Å². The molecular formula is C12H11ClF3N3S. The first-order chi connectivity index (χ1) is 9.39. The maximum atomic E-state index is 13.3. The van der Waals surface area contributed by atoms with Gasteiger partial charge < -0.3 is 0 Å². The van der Waals surface area contributed by atoms with Crippen LogP contribution >= 0.6 is 23.1 Å². The number of rotatable bonds is 4. The summed E-state index contributed by atoms with van der Waals surface area (Å²) in [5, 5.41) is 3.74. The summed E-state index contributed by atoms with van der Waals surface area (Å²) in [4.78, 5) is 1.16. The summed E-state index contributed by atoms with van der Waals surface area (Å²) < 4.78 is 43.8. The van der Waals surface area contributed by atoms with Crippen LogP contribution in [-0.4, -0.2) is 27.7 Å². The Morgan fingerprint density at radius 2 is 1.95 bits per heavy atom. The summed E-state index contributed by atoms with van der Waals surface area (Å²) in [5.41, 5.74) is 0.533. The van der Waals surface area contributed by atoms with E-state index < -0.39 is 12.2 Å². The molecule has 0 saturated carbocycles. The topological polar surface area (TPSA) is 29.0 Å². The van der Waals surface area contributed by atoms with Crippen LogP contribution in [0.1, 0.15) is 17.3 Å². The molecule has 0 aliphatic rings. The highest BCUT2D eigenvalue weighted by Gasteiger charge is 2.43. The van der Waals surface area contributed by atoms with Crippen molar-refractivity contribution in [2.45, 2.75) is 18.8 Å². The van der Waals surface area contributed by atoms with Crippen LogP contribution in [0.25, 0.3) is 0 Å². The van der Waals surface area contributed by atoms with Gasteiger partial charge in [-0.15, -0.1) is 5.10 Å². The van der Waals surface area contributed by atoms with E-state index in [0.717, 1.165) is 16.4 Å². The number of nitrogens with zero attached hydrogens (tertiary/aromatic N) is 3. The lowest BCUT2D eigenvalue weighted by molar-refractivity contribution is -0.184. The van der Waals surface area contributed by atoms with Crippen molar-refractivity contribution in [2.75, 3.05) is 7.05 Å². The summed E-state index contributed by atoms with van der Waals surface area (Å²) in [6.45, 7) is -0.0194. The van der Waals surface area contributed by atoms with Crippen molar-refractivity contribution in [3.8, 4) is 0 Å². The quantitative estimate of drug-likeness (QED) is 0.854. The third-order valence-electron chi connectivity index (χ3n) is 2.77. The number of hydrogen-bond donors (Lipinski definition) is 0. The molecule has 0 bridgehead atoms. The van der Waals surface area contributed by atoms with Crippen LogP contribution in [0.4, 0.5) is 13.2 Å². The molecule has 0 aliphatic carbocycles. The fraction of sp³-hybridized carbons (Fsp3) is 0.333. The van der Waals surface area contributed by atoms with E-state index in [1.54, 1.807) is 18.2 Å². The standard InChI is InChI=1S/C12H11ClF3N3S/c1-19(7-9-11(13)20-18-17-9)10(12(14,15)16)8-5-3-2-4-6-8/h2-6,10H,7H2,1H3/t10-/m1/s1. The van der Waals surface area contributed by atoms with E-state index in [4.69, 9.17) is 11.6 Å². The predicted molar refractivity (Wildman–Crippen MR) is 71.6 cm³/mol. The van der Waals surface area contributed by atoms with Gasteiger partial charge in [0.15, 0.2) is 0 Å². The number of benzene rings is 1. The molecule has 0 saturated heterocycles. The number of aromatic nitrogens is 2. The van der Waals surface area contributed by atoms with Gasteiger partial charge in [-0.2, -0.15) is 13.2 Å². The first kappa shape index (κ1) is 15.2. The third kappa shape index (κ3) is 3.47. The van der Waals surface area contributed by atoms with Crippen molar-refractivity contribution < 1.29 is 13.2 Å². The molecule has 0 fully saturated rings. The zero-order valence-electron chi connectivity index (χ0n) is 10.4. The number of hydrogen-bond acceptors (Lipinski definition) is 4. The first-order valence-corrected chi connectivity index (χ1v) is 6.83. The summed E-state index contributed by atoms with van der Waals surface area (Å²) in [7, 11) is 1.39. The molecule has 3 nitrogen and oxygen atoms in total. The van der Waals surface area contributed by atoms with Crippen molar-refractivity contribution in [2.24, 2.45) is 0 Å². The average Bonchev–Trinajstić information content (AvgIpc) is 2.74. The molecule has 0 unspecified atom stereocenters. The van der Waals surface area contributed by atoms with E-state index in [9.17, 15) is 13.2 Å². The van der Waals surface area contributed by atoms with Gasteiger partial charge in [-0.3, -0.25) is 4.90 Å². The molecule has 0 N–H and O–H groups in total. The maximum Gasteiger partial charge on any atom is 0.408 e. The molecule has 108 valence electrons. The van der Waals surface area contributed by atoms with E-state index in [1.165, 1.54) is 19.2 Å². The maximum absolute atomic E-state index is 13.3. The average molecular weight is 322 g/mol. The Morgan fingerprint density at radius 1 is 1.30 bits per heavy atom. The van der Waals surface area contributed by atoms with Crippen LogP contribution in [0.5, 0.6) is 0 Å². The van der Waals surface area contributed by atoms with Crippen molar-refractivity contribution in [1.29, 1.82) is 0 Å². The molecule has 2 aromatic rings. The van der Waals surface area contributed by atoms with Crippen molar-refractivity contribution in [1.82, 2.24) is 14.5 Å². The lowest BCUT2D eigenvalue weighted by atomic mass is 10.1. The van der Waals surface area contributed by atoms with Crippen LogP contribution in [0.2, 0.25) is 4.34 Å². The SMILES string of the molecule is CN(Cc1nnsc1Cl)[C@H](c1ccccc1)C(F)(F)F. The molecule has 0 amide bonds. The van der Waals surface area contributed by atoms with Gasteiger partial charge in [0, 0.05) is 18.1 Å². The van der Waals surface area contributed by atoms with Crippen LogP contribution in [0.3, 0.4) is 0 Å². The highest BCUT2D eigenvalue weighted by molar-refractivity contribution is 7.10. The first-order valence-electron chi connectivity index (χ1n) is 5.68. The Hall–Kier alpha value is -1.18. The number of alkyl halides is 3. The number of halogens is 4. The minimum Gasteiger partial charge on any atom is -0.286 e. The molecule has 0 radical (unpaired) electrons. The Bertz CT molecular complexity index is 559. The van der Waals surface area contributed by atoms with Crippen LogP contribution < -0.4 is 0 Å². The second kappa shape index (κ2) is 6.07. The minimum absolute atomic E-state index is 0.0194. The van der Waals surface area contributed by atoms with Crippen molar-refractivity contribution in [3.05, 3.63) is 45.9 Å². The Labute approximate surface area is 123 Å². The van der Waals surface area contributed by atoms with E-state index in [1.807, 2.05) is 0 Å². The fourth-order valence-electron chi connectivity index (χ4n) is 1.95. The van der Waals surface area contributed by atoms with Crippen LogP contribution in [-0.2, 0) is 6.54 Å². The van der Waals surface area contributed by atoms with Gasteiger partial charge in [-0.25, -0.2) is 0 Å². The Balaban J connectivity index is 2.26. The normalized spacial score (nSPS) is 13.7. The second-order valence-corrected chi connectivity index (χ2v) is 5.62. The van der Waals surface area contributed by atoms with E-state index in [-0.39, 0.29) is 12.1 Å². The third-order valence-corrected chi connectivity index (χ3v) is 3.76. The van der Waals surface area contributed by atoms with E-state index in [0.29, 0.717) is 10.0 Å². The molecule has 1 heterocycles. The monoisotopic (exact) mass is 321 g/mol. The molecule has 0 spiro atoms. The summed E-state index contributed by atoms with van der Waals surface area (Å²) >= 11 is 6.79. The van der Waals surface area contributed by atoms with Gasteiger partial charge in [0.25, 0.3) is 0 Å². The Morgan fingerprint density at radius 3 is 2.45 bits per heavy atom. The molecule has 20 heavy (non-hydrogen) atoms. The van der Waals surface area contributed by atoms with Gasteiger partial charge in [0.2, 0.25) is 0 Å². The zero-order chi connectivity index (χ0) is 14.8. The van der Waals surface area contributed by atoms with E-state index >= 15 is 0 Å². The molecule has 8 heteroatoms. The highest BCUT2D eigenvalue weighted by atomic mass is 35.5. The van der Waals surface area contributed by atoms with Crippen molar-refractivity contribution >= 4 is 23.1 Å². The Kier molecular flexibility index (Phi) is 4.62. The molecular weight excluding hydrogens is 311 g/mol. The molecule has 1 aromatic carbocycles. The summed E-state index contributed by atoms with van der Waals surface area (Å²) in [6.07, 6.45) is -4.38. The van der Waals surface area contributed by atoms with Gasteiger partial charge in [0.05, 0.1) is 0 Å².